The lowest BCUT2D eigenvalue weighted by Gasteiger charge is -2.19. The van der Waals surface area contributed by atoms with Crippen LogP contribution in [-0.4, -0.2) is 45.3 Å². The van der Waals surface area contributed by atoms with E-state index in [2.05, 4.69) is 5.32 Å². The van der Waals surface area contributed by atoms with Crippen molar-refractivity contribution in [1.29, 1.82) is 0 Å². The Morgan fingerprint density at radius 2 is 1.52 bits per heavy atom. The summed E-state index contributed by atoms with van der Waals surface area (Å²) in [6, 6.07) is 6.61. The number of carboxylic acid groups (broad SMARTS) is 3. The molecule has 0 aliphatic carbocycles. The molecule has 1 aromatic rings. The lowest BCUT2D eigenvalue weighted by Crippen LogP contribution is -2.48. The number of hydrogen-bond donors (Lipinski definition) is 4. The van der Waals surface area contributed by atoms with Gasteiger partial charge >= 0.3 is 17.9 Å². The summed E-state index contributed by atoms with van der Waals surface area (Å²) in [7, 11) is 0. The van der Waals surface area contributed by atoms with Crippen LogP contribution < -0.4 is 5.32 Å². The van der Waals surface area contributed by atoms with Crippen LogP contribution in [0.25, 0.3) is 0 Å². The van der Waals surface area contributed by atoms with Crippen molar-refractivity contribution in [3.05, 3.63) is 35.9 Å². The molecule has 114 valence electrons. The van der Waals surface area contributed by atoms with E-state index in [1.54, 1.807) is 0 Å². The molecule has 2 atom stereocenters. The van der Waals surface area contributed by atoms with Crippen LogP contribution in [0.1, 0.15) is 18.4 Å². The molecule has 21 heavy (non-hydrogen) atoms. The van der Waals surface area contributed by atoms with Gasteiger partial charge in [-0.15, -0.1) is 0 Å². The van der Waals surface area contributed by atoms with Crippen molar-refractivity contribution in [2.45, 2.75) is 31.3 Å². The van der Waals surface area contributed by atoms with Crippen LogP contribution in [0.15, 0.2) is 30.3 Å². The van der Waals surface area contributed by atoms with E-state index >= 15 is 0 Å². The summed E-state index contributed by atoms with van der Waals surface area (Å²) in [5.74, 6) is -3.90. The highest BCUT2D eigenvalue weighted by Crippen LogP contribution is 2.07. The van der Waals surface area contributed by atoms with Gasteiger partial charge in [0.15, 0.2) is 0 Å². The highest BCUT2D eigenvalue weighted by Gasteiger charge is 2.27. The number of rotatable bonds is 9. The van der Waals surface area contributed by atoms with Gasteiger partial charge in [-0.1, -0.05) is 30.3 Å². The van der Waals surface area contributed by atoms with Gasteiger partial charge in [0, 0.05) is 0 Å². The van der Waals surface area contributed by atoms with Crippen molar-refractivity contribution in [3.63, 3.8) is 0 Å². The zero-order valence-electron chi connectivity index (χ0n) is 11.2. The van der Waals surface area contributed by atoms with Crippen LogP contribution in [0, 0.1) is 0 Å². The van der Waals surface area contributed by atoms with E-state index in [0.29, 0.717) is 6.42 Å². The summed E-state index contributed by atoms with van der Waals surface area (Å²) in [4.78, 5) is 32.7. The molecular weight excluding hydrogens is 278 g/mol. The Kier molecular flexibility index (Phi) is 6.35. The highest BCUT2D eigenvalue weighted by atomic mass is 16.4. The second kappa shape index (κ2) is 8.01. The van der Waals surface area contributed by atoms with Crippen molar-refractivity contribution in [1.82, 2.24) is 5.32 Å². The second-order valence-electron chi connectivity index (χ2n) is 4.57. The van der Waals surface area contributed by atoms with Crippen LogP contribution in [0.3, 0.4) is 0 Å². The maximum Gasteiger partial charge on any atom is 0.321 e. The first kappa shape index (κ1) is 16.6. The first-order valence-corrected chi connectivity index (χ1v) is 6.37. The van der Waals surface area contributed by atoms with Gasteiger partial charge in [-0.25, -0.2) is 0 Å². The van der Waals surface area contributed by atoms with Gasteiger partial charge in [0.2, 0.25) is 0 Å². The molecular formula is C14H17NO6. The molecule has 1 rings (SSSR count). The van der Waals surface area contributed by atoms with Crippen LogP contribution in [-0.2, 0) is 20.8 Å². The van der Waals surface area contributed by atoms with Crippen molar-refractivity contribution in [3.8, 4) is 0 Å². The Balaban J connectivity index is 2.65. The standard InChI is InChI=1S/C14H17NO6/c16-12(17)8-11(14(20)21)15-10(13(18)19)7-6-9-4-2-1-3-5-9/h1-5,10-11,15H,6-8H2,(H,16,17)(H,18,19)(H,20,21)/t10?,11-/m0/s1. The van der Waals surface area contributed by atoms with Crippen molar-refractivity contribution < 1.29 is 29.7 Å². The lowest BCUT2D eigenvalue weighted by atomic mass is 10.0. The monoisotopic (exact) mass is 295 g/mol. The molecule has 0 amide bonds. The van der Waals surface area contributed by atoms with E-state index in [9.17, 15) is 14.4 Å². The van der Waals surface area contributed by atoms with Gasteiger partial charge < -0.3 is 15.3 Å². The van der Waals surface area contributed by atoms with Crippen LogP contribution in [0.2, 0.25) is 0 Å². The number of carbonyl (C=O) groups is 3. The fraction of sp³-hybridized carbons (Fsp3) is 0.357. The summed E-state index contributed by atoms with van der Waals surface area (Å²) in [6.45, 7) is 0. The normalized spacial score (nSPS) is 13.3. The summed E-state index contributed by atoms with van der Waals surface area (Å²) < 4.78 is 0. The first-order valence-electron chi connectivity index (χ1n) is 6.37. The minimum atomic E-state index is -1.43. The fourth-order valence-corrected chi connectivity index (χ4v) is 1.87. The van der Waals surface area contributed by atoms with E-state index in [-0.39, 0.29) is 6.42 Å². The molecule has 1 unspecified atom stereocenters. The fourth-order valence-electron chi connectivity index (χ4n) is 1.87. The quantitative estimate of drug-likeness (QED) is 0.525. The molecule has 0 spiro atoms. The number of hydrogen-bond acceptors (Lipinski definition) is 4. The molecule has 0 radical (unpaired) electrons. The molecule has 0 aromatic heterocycles. The highest BCUT2D eigenvalue weighted by molar-refractivity contribution is 5.82. The largest absolute Gasteiger partial charge is 0.481 e. The minimum Gasteiger partial charge on any atom is -0.481 e. The average molecular weight is 295 g/mol. The number of aryl methyl sites for hydroxylation is 1. The molecule has 0 saturated heterocycles. The SMILES string of the molecule is O=C(O)C[C@H](NC(CCc1ccccc1)C(=O)O)C(=O)O. The van der Waals surface area contributed by atoms with Gasteiger partial charge in [0.25, 0.3) is 0 Å². The van der Waals surface area contributed by atoms with E-state index in [1.165, 1.54) is 0 Å². The van der Waals surface area contributed by atoms with Crippen LogP contribution in [0.5, 0.6) is 0 Å². The third-order valence-electron chi connectivity index (χ3n) is 2.94. The Hall–Kier alpha value is -2.41. The van der Waals surface area contributed by atoms with Gasteiger partial charge in [0.1, 0.15) is 12.1 Å². The average Bonchev–Trinajstić information content (AvgIpc) is 2.42. The minimum absolute atomic E-state index is 0.169. The van der Waals surface area contributed by atoms with Crippen molar-refractivity contribution in [2.75, 3.05) is 0 Å². The molecule has 0 aliphatic heterocycles. The maximum atomic E-state index is 11.2. The summed E-state index contributed by atoms with van der Waals surface area (Å²) in [5, 5.41) is 29.0. The molecule has 0 heterocycles. The zero-order chi connectivity index (χ0) is 15.8. The third-order valence-corrected chi connectivity index (χ3v) is 2.94. The lowest BCUT2D eigenvalue weighted by molar-refractivity contribution is -0.147. The Labute approximate surface area is 121 Å². The zero-order valence-corrected chi connectivity index (χ0v) is 11.2. The Morgan fingerprint density at radius 1 is 0.952 bits per heavy atom. The Morgan fingerprint density at radius 3 is 2.00 bits per heavy atom. The number of aliphatic carboxylic acids is 3. The molecule has 0 fully saturated rings. The van der Waals surface area contributed by atoms with E-state index in [1.807, 2.05) is 30.3 Å². The topological polar surface area (TPSA) is 124 Å². The third kappa shape index (κ3) is 6.05. The van der Waals surface area contributed by atoms with E-state index in [0.717, 1.165) is 5.56 Å². The predicted octanol–water partition coefficient (Wildman–Crippen LogP) is 0.590. The number of benzene rings is 1. The Bertz CT molecular complexity index is 501. The summed E-state index contributed by atoms with van der Waals surface area (Å²) in [6.07, 6.45) is -0.0581. The predicted molar refractivity (Wildman–Crippen MR) is 73.0 cm³/mol. The molecule has 1 aromatic carbocycles. The van der Waals surface area contributed by atoms with Crippen molar-refractivity contribution >= 4 is 17.9 Å². The molecule has 7 heteroatoms. The first-order chi connectivity index (χ1) is 9.90. The second-order valence-corrected chi connectivity index (χ2v) is 4.57. The van der Waals surface area contributed by atoms with Crippen LogP contribution >= 0.6 is 0 Å². The smallest absolute Gasteiger partial charge is 0.321 e. The summed E-state index contributed by atoms with van der Waals surface area (Å²) >= 11 is 0. The molecule has 0 aliphatic rings. The molecule has 7 nitrogen and oxygen atoms in total. The van der Waals surface area contributed by atoms with Gasteiger partial charge in [-0.3, -0.25) is 19.7 Å². The molecule has 0 saturated carbocycles. The van der Waals surface area contributed by atoms with Gasteiger partial charge in [0.05, 0.1) is 6.42 Å². The van der Waals surface area contributed by atoms with Gasteiger partial charge in [-0.05, 0) is 18.4 Å². The molecule has 4 N–H and O–H groups in total. The maximum absolute atomic E-state index is 11.2. The number of nitrogens with one attached hydrogen (secondary N) is 1. The molecule has 0 bridgehead atoms. The van der Waals surface area contributed by atoms with Crippen molar-refractivity contribution in [2.24, 2.45) is 0 Å². The summed E-state index contributed by atoms with van der Waals surface area (Å²) in [5.41, 5.74) is 0.927. The van der Waals surface area contributed by atoms with E-state index in [4.69, 9.17) is 15.3 Å². The number of carboxylic acids is 3. The van der Waals surface area contributed by atoms with E-state index < -0.39 is 36.4 Å². The van der Waals surface area contributed by atoms with Gasteiger partial charge in [-0.2, -0.15) is 0 Å². The van der Waals surface area contributed by atoms with Crippen LogP contribution in [0.4, 0.5) is 0 Å².